The number of fused-ring (bicyclic) bond motifs is 1. The fourth-order valence-electron chi connectivity index (χ4n) is 3.05. The number of benzene rings is 1. The molecule has 4 rings (SSSR count). The van der Waals surface area contributed by atoms with Crippen LogP contribution in [0.5, 0.6) is 0 Å². The minimum atomic E-state index is -0.656. The monoisotopic (exact) mass is 355 g/mol. The van der Waals surface area contributed by atoms with Gasteiger partial charge >= 0.3 is 5.63 Å². The van der Waals surface area contributed by atoms with Gasteiger partial charge in [-0.25, -0.2) is 9.78 Å². The lowest BCUT2D eigenvalue weighted by molar-refractivity contribution is 0.104. The van der Waals surface area contributed by atoms with E-state index in [1.54, 1.807) is 24.3 Å². The summed E-state index contributed by atoms with van der Waals surface area (Å²) in [6, 6.07) is 8.65. The maximum absolute atomic E-state index is 12.8. The van der Waals surface area contributed by atoms with E-state index in [-0.39, 0.29) is 11.4 Å². The Kier molecular flexibility index (Phi) is 4.01. The van der Waals surface area contributed by atoms with Gasteiger partial charge in [0.05, 0.1) is 0 Å². The molecule has 0 aliphatic carbocycles. The van der Waals surface area contributed by atoms with Gasteiger partial charge in [-0.2, -0.15) is 0 Å². The number of nitrogens with zero attached hydrogens (tertiary/aromatic N) is 2. The number of carbonyl (C=O) groups excluding carboxylic acids is 1. The third-order valence-corrected chi connectivity index (χ3v) is 5.49. The second-order valence-electron chi connectivity index (χ2n) is 6.07. The topological polar surface area (TPSA) is 89.4 Å². The number of para-hydroxylation sites is 1. The predicted molar refractivity (Wildman–Crippen MR) is 98.5 cm³/mol. The zero-order valence-corrected chi connectivity index (χ0v) is 14.3. The quantitative estimate of drug-likeness (QED) is 0.574. The molecule has 1 aromatic carbocycles. The summed E-state index contributed by atoms with van der Waals surface area (Å²) < 4.78 is 5.26. The second-order valence-corrected chi connectivity index (χ2v) is 7.05. The van der Waals surface area contributed by atoms with Gasteiger partial charge in [0.2, 0.25) is 5.78 Å². The van der Waals surface area contributed by atoms with Crippen LogP contribution >= 0.6 is 11.3 Å². The molecule has 3 heterocycles. The fraction of sp³-hybridized carbons (Fsp3) is 0.278. The first-order chi connectivity index (χ1) is 12.1. The highest BCUT2D eigenvalue weighted by Gasteiger charge is 2.24. The molecule has 0 spiro atoms. The minimum absolute atomic E-state index is 0.0146. The normalized spacial score (nSPS) is 14.8. The maximum Gasteiger partial charge on any atom is 0.347 e. The molecule has 3 aromatic rings. The van der Waals surface area contributed by atoms with Gasteiger partial charge in [-0.05, 0) is 31.4 Å². The molecular weight excluding hydrogens is 338 g/mol. The van der Waals surface area contributed by atoms with Crippen molar-refractivity contribution in [3.05, 3.63) is 51.2 Å². The molecule has 1 fully saturated rings. The van der Waals surface area contributed by atoms with Gasteiger partial charge in [-0.3, -0.25) is 4.79 Å². The average Bonchev–Trinajstić information content (AvgIpc) is 3.03. The zero-order chi connectivity index (χ0) is 17.4. The van der Waals surface area contributed by atoms with Crippen LogP contribution in [0.1, 0.15) is 34.5 Å². The molecular formula is C18H17N3O3S. The number of hydrogen-bond acceptors (Lipinski definition) is 7. The van der Waals surface area contributed by atoms with Gasteiger partial charge in [0.25, 0.3) is 0 Å². The van der Waals surface area contributed by atoms with Crippen molar-refractivity contribution < 1.29 is 9.21 Å². The summed E-state index contributed by atoms with van der Waals surface area (Å²) in [6.45, 7) is 1.83. The zero-order valence-electron chi connectivity index (χ0n) is 13.5. The summed E-state index contributed by atoms with van der Waals surface area (Å²) in [5.41, 5.74) is 5.75. The van der Waals surface area contributed by atoms with E-state index in [9.17, 15) is 9.59 Å². The molecule has 1 saturated heterocycles. The number of thiazole rings is 1. The van der Waals surface area contributed by atoms with Crippen LogP contribution in [0.15, 0.2) is 39.5 Å². The van der Waals surface area contributed by atoms with Crippen molar-refractivity contribution in [2.45, 2.75) is 19.3 Å². The van der Waals surface area contributed by atoms with Crippen molar-refractivity contribution in [1.29, 1.82) is 0 Å². The predicted octanol–water partition coefficient (Wildman–Crippen LogP) is 3.05. The van der Waals surface area contributed by atoms with Crippen LogP contribution in [0.4, 0.5) is 10.9 Å². The average molecular weight is 355 g/mol. The molecule has 0 radical (unpaired) electrons. The Labute approximate surface area is 147 Å². The number of carbonyl (C=O) groups is 1. The standard InChI is InChI=1S/C18H17N3O3S/c19-16-15(25-18(20-16)21-8-4-1-5-9-21)14(22)12-10-11-6-2-3-7-13(11)24-17(12)23/h2-3,6-7,10H,1,4-5,8-9,19H2. The summed E-state index contributed by atoms with van der Waals surface area (Å²) >= 11 is 1.24. The van der Waals surface area contributed by atoms with Crippen LogP contribution in [0.25, 0.3) is 11.0 Å². The smallest absolute Gasteiger partial charge is 0.347 e. The van der Waals surface area contributed by atoms with Crippen molar-refractivity contribution in [2.75, 3.05) is 23.7 Å². The number of rotatable bonds is 3. The molecule has 2 N–H and O–H groups in total. The SMILES string of the molecule is Nc1nc(N2CCCCC2)sc1C(=O)c1cc2ccccc2oc1=O. The molecule has 0 amide bonds. The van der Waals surface area contributed by atoms with E-state index in [1.165, 1.54) is 17.8 Å². The number of nitrogens with two attached hydrogens (primary N) is 1. The third kappa shape index (κ3) is 2.91. The number of aromatic nitrogens is 1. The first-order valence-electron chi connectivity index (χ1n) is 8.22. The minimum Gasteiger partial charge on any atom is -0.422 e. The summed E-state index contributed by atoms with van der Waals surface area (Å²) in [7, 11) is 0. The van der Waals surface area contributed by atoms with E-state index in [1.807, 2.05) is 6.07 Å². The Hall–Kier alpha value is -2.67. The lowest BCUT2D eigenvalue weighted by atomic mass is 10.1. The first kappa shape index (κ1) is 15.8. The van der Waals surface area contributed by atoms with Gasteiger partial charge < -0.3 is 15.1 Å². The van der Waals surface area contributed by atoms with Crippen molar-refractivity contribution >= 4 is 39.0 Å². The molecule has 0 saturated carbocycles. The Balaban J connectivity index is 1.72. The van der Waals surface area contributed by atoms with E-state index in [2.05, 4.69) is 9.88 Å². The van der Waals surface area contributed by atoms with Crippen LogP contribution in [0.2, 0.25) is 0 Å². The first-order valence-corrected chi connectivity index (χ1v) is 9.04. The highest BCUT2D eigenvalue weighted by Crippen LogP contribution is 2.31. The number of nitrogen functional groups attached to an aromatic ring is 1. The van der Waals surface area contributed by atoms with Gasteiger partial charge in [-0.1, -0.05) is 29.5 Å². The lowest BCUT2D eigenvalue weighted by Crippen LogP contribution is -2.29. The molecule has 128 valence electrons. The van der Waals surface area contributed by atoms with E-state index in [4.69, 9.17) is 10.2 Å². The second kappa shape index (κ2) is 6.33. The third-order valence-electron chi connectivity index (χ3n) is 4.36. The van der Waals surface area contributed by atoms with Crippen LogP contribution in [-0.4, -0.2) is 23.9 Å². The highest BCUT2D eigenvalue weighted by molar-refractivity contribution is 7.18. The number of hydrogen-bond donors (Lipinski definition) is 1. The van der Waals surface area contributed by atoms with Crippen molar-refractivity contribution in [3.63, 3.8) is 0 Å². The fourth-order valence-corrected chi connectivity index (χ4v) is 4.04. The Bertz CT molecular complexity index is 1000. The summed E-state index contributed by atoms with van der Waals surface area (Å²) in [5, 5.41) is 1.44. The van der Waals surface area contributed by atoms with Crippen molar-refractivity contribution in [1.82, 2.24) is 4.98 Å². The van der Waals surface area contributed by atoms with Crippen LogP contribution in [-0.2, 0) is 0 Å². The largest absolute Gasteiger partial charge is 0.422 e. The number of piperidine rings is 1. The Morgan fingerprint density at radius 1 is 1.20 bits per heavy atom. The van der Waals surface area contributed by atoms with Gasteiger partial charge in [0, 0.05) is 18.5 Å². The van der Waals surface area contributed by atoms with Crippen LogP contribution in [0, 0.1) is 0 Å². The molecule has 6 nitrogen and oxygen atoms in total. The molecule has 7 heteroatoms. The van der Waals surface area contributed by atoms with Gasteiger partial charge in [0.1, 0.15) is 21.8 Å². The number of anilines is 2. The molecule has 0 atom stereocenters. The van der Waals surface area contributed by atoms with Crippen molar-refractivity contribution in [2.24, 2.45) is 0 Å². The molecule has 0 unspecified atom stereocenters. The van der Waals surface area contributed by atoms with Gasteiger partial charge in [-0.15, -0.1) is 0 Å². The Morgan fingerprint density at radius 2 is 1.96 bits per heavy atom. The van der Waals surface area contributed by atoms with Crippen molar-refractivity contribution in [3.8, 4) is 0 Å². The van der Waals surface area contributed by atoms with E-state index < -0.39 is 11.4 Å². The maximum atomic E-state index is 12.8. The Morgan fingerprint density at radius 3 is 2.76 bits per heavy atom. The number of ketones is 1. The summed E-state index contributed by atoms with van der Waals surface area (Å²) in [6.07, 6.45) is 3.43. The van der Waals surface area contributed by atoms with E-state index >= 15 is 0 Å². The highest BCUT2D eigenvalue weighted by atomic mass is 32.1. The summed E-state index contributed by atoms with van der Waals surface area (Å²) in [4.78, 5) is 31.8. The van der Waals surface area contributed by atoms with E-state index in [0.717, 1.165) is 31.1 Å². The van der Waals surface area contributed by atoms with Crippen LogP contribution < -0.4 is 16.3 Å². The van der Waals surface area contributed by atoms with Crippen LogP contribution in [0.3, 0.4) is 0 Å². The molecule has 0 bridgehead atoms. The molecule has 2 aromatic heterocycles. The molecule has 1 aliphatic rings. The van der Waals surface area contributed by atoms with Gasteiger partial charge in [0.15, 0.2) is 5.13 Å². The molecule has 25 heavy (non-hydrogen) atoms. The summed E-state index contributed by atoms with van der Waals surface area (Å²) in [5.74, 6) is -0.263. The lowest BCUT2D eigenvalue weighted by Gasteiger charge is -2.25. The van der Waals surface area contributed by atoms with E-state index in [0.29, 0.717) is 15.8 Å². The molecule has 1 aliphatic heterocycles.